The summed E-state index contributed by atoms with van der Waals surface area (Å²) in [6.07, 6.45) is 0.631. The molecule has 130 valence electrons. The molecule has 3 aromatic rings. The van der Waals surface area contributed by atoms with E-state index in [2.05, 4.69) is 26.0 Å². The minimum Gasteiger partial charge on any atom is -0.479 e. The second-order valence-electron chi connectivity index (χ2n) is 5.87. The fourth-order valence-corrected chi connectivity index (χ4v) is 4.34. The summed E-state index contributed by atoms with van der Waals surface area (Å²) in [7, 11) is 0. The third-order valence-electron chi connectivity index (χ3n) is 4.25. The molecule has 2 N–H and O–H groups in total. The number of benzene rings is 1. The molecule has 0 saturated carbocycles. The highest BCUT2D eigenvalue weighted by atomic mass is 79.9. The fraction of sp³-hybridized carbons (Fsp3) is 0.267. The van der Waals surface area contributed by atoms with E-state index in [1.807, 2.05) is 0 Å². The van der Waals surface area contributed by atoms with Crippen LogP contribution in [0.5, 0.6) is 0 Å². The van der Waals surface area contributed by atoms with Gasteiger partial charge in [0.2, 0.25) is 0 Å². The monoisotopic (exact) mass is 444 g/mol. The second kappa shape index (κ2) is 5.93. The van der Waals surface area contributed by atoms with Crippen molar-refractivity contribution in [2.24, 2.45) is 0 Å². The molecule has 1 aromatic carbocycles. The molecule has 2 atom stereocenters. The van der Waals surface area contributed by atoms with Gasteiger partial charge in [-0.2, -0.15) is 5.10 Å². The maximum atomic E-state index is 13.8. The zero-order valence-corrected chi connectivity index (χ0v) is 15.7. The van der Waals surface area contributed by atoms with E-state index >= 15 is 0 Å². The van der Waals surface area contributed by atoms with Gasteiger partial charge in [0.15, 0.2) is 10.8 Å². The highest BCUT2D eigenvalue weighted by Gasteiger charge is 2.34. The molecule has 3 heterocycles. The number of nitrogens with one attached hydrogen (secondary N) is 1. The molecule has 2 aromatic heterocycles. The lowest BCUT2D eigenvalue weighted by molar-refractivity contribution is -0.139. The first-order valence-corrected chi connectivity index (χ1v) is 8.95. The molecule has 0 bridgehead atoms. The minimum atomic E-state index is -1.15. The first-order valence-electron chi connectivity index (χ1n) is 7.37. The Balaban J connectivity index is 1.90. The van der Waals surface area contributed by atoms with Crippen LogP contribution in [-0.4, -0.2) is 36.6 Å². The molecule has 25 heavy (non-hydrogen) atoms. The van der Waals surface area contributed by atoms with Crippen molar-refractivity contribution in [2.45, 2.75) is 25.2 Å². The van der Waals surface area contributed by atoms with E-state index in [-0.39, 0.29) is 13.0 Å². The van der Waals surface area contributed by atoms with Crippen molar-refractivity contribution >= 4 is 56.6 Å². The first-order chi connectivity index (χ1) is 11.8. The highest BCUT2D eigenvalue weighted by Crippen LogP contribution is 2.32. The van der Waals surface area contributed by atoms with Crippen molar-refractivity contribution in [3.63, 3.8) is 0 Å². The summed E-state index contributed by atoms with van der Waals surface area (Å²) in [5.41, 5.74) is 1.47. The molecule has 0 saturated heterocycles. The summed E-state index contributed by atoms with van der Waals surface area (Å²) < 4.78 is 17.8. The van der Waals surface area contributed by atoms with Crippen LogP contribution in [0.25, 0.3) is 10.9 Å². The van der Waals surface area contributed by atoms with Crippen LogP contribution >= 0.6 is 39.7 Å². The van der Waals surface area contributed by atoms with E-state index < -0.39 is 18.2 Å². The molecule has 10 heteroatoms. The van der Waals surface area contributed by atoms with Crippen molar-refractivity contribution in [1.29, 1.82) is 0 Å². The molecule has 6 nitrogen and oxygen atoms in total. The van der Waals surface area contributed by atoms with Gasteiger partial charge in [0.25, 0.3) is 0 Å². The Morgan fingerprint density at radius 1 is 1.56 bits per heavy atom. The van der Waals surface area contributed by atoms with Gasteiger partial charge in [-0.25, -0.2) is 9.18 Å². The maximum absolute atomic E-state index is 13.8. The number of alkyl halides is 1. The highest BCUT2D eigenvalue weighted by molar-refractivity contribution is 9.10. The molecule has 0 radical (unpaired) electrons. The van der Waals surface area contributed by atoms with E-state index in [4.69, 9.17) is 23.8 Å². The number of aromatic amines is 1. The third kappa shape index (κ3) is 2.70. The van der Waals surface area contributed by atoms with Crippen LogP contribution in [0.3, 0.4) is 0 Å². The molecule has 1 aliphatic rings. The number of imidazole rings is 1. The van der Waals surface area contributed by atoms with Crippen molar-refractivity contribution in [2.75, 3.05) is 0 Å². The summed E-state index contributed by atoms with van der Waals surface area (Å²) >= 11 is 14.8. The number of rotatable bonds is 3. The van der Waals surface area contributed by atoms with Crippen molar-refractivity contribution in [3.8, 4) is 0 Å². The van der Waals surface area contributed by atoms with Gasteiger partial charge < -0.3 is 14.7 Å². The molecular weight excluding hydrogens is 435 g/mol. The number of nitrogens with zero attached hydrogens (tertiary/aromatic N) is 3. The van der Waals surface area contributed by atoms with E-state index in [0.717, 1.165) is 4.47 Å². The molecule has 4 rings (SSSR count). The zero-order valence-electron chi connectivity index (χ0n) is 12.5. The lowest BCUT2D eigenvalue weighted by Gasteiger charge is -2.12. The van der Waals surface area contributed by atoms with Gasteiger partial charge in [0, 0.05) is 28.2 Å². The van der Waals surface area contributed by atoms with Gasteiger partial charge in [0.05, 0.1) is 22.8 Å². The Labute approximate surface area is 159 Å². The Morgan fingerprint density at radius 2 is 2.32 bits per heavy atom. The summed E-state index contributed by atoms with van der Waals surface area (Å²) in [6, 6.07) is 2.31. The lowest BCUT2D eigenvalue weighted by Crippen LogP contribution is -2.22. The van der Waals surface area contributed by atoms with E-state index in [1.165, 1.54) is 4.68 Å². The molecule has 0 spiro atoms. The summed E-state index contributed by atoms with van der Waals surface area (Å²) in [4.78, 5) is 14.9. The average molecular weight is 446 g/mol. The SMILES string of the molecule is O=C(O)C(c1[nH]c(=S)n2c1CC(F)C2)n1cc2c(Cl)cc(Br)cc2n1. The number of carboxylic acids is 1. The number of hydrogen-bond donors (Lipinski definition) is 2. The van der Waals surface area contributed by atoms with Crippen LogP contribution in [0.15, 0.2) is 22.8 Å². The Hall–Kier alpha value is -1.71. The number of H-pyrrole nitrogens is 1. The normalized spacial score (nSPS) is 17.8. The third-order valence-corrected chi connectivity index (χ3v) is 5.34. The quantitative estimate of drug-likeness (QED) is 0.600. The van der Waals surface area contributed by atoms with Crippen LogP contribution in [0.2, 0.25) is 5.02 Å². The molecule has 0 aliphatic carbocycles. The smallest absolute Gasteiger partial charge is 0.334 e. The average Bonchev–Trinajstić information content (AvgIpc) is 3.16. The van der Waals surface area contributed by atoms with Gasteiger partial charge in [-0.05, 0) is 24.4 Å². The Bertz CT molecular complexity index is 1080. The van der Waals surface area contributed by atoms with Gasteiger partial charge in [-0.3, -0.25) is 4.68 Å². The van der Waals surface area contributed by atoms with Crippen LogP contribution < -0.4 is 0 Å². The summed E-state index contributed by atoms with van der Waals surface area (Å²) in [6.45, 7) is 0.136. The minimum absolute atomic E-state index is 0.124. The number of hydrogen-bond acceptors (Lipinski definition) is 3. The second-order valence-corrected chi connectivity index (χ2v) is 7.58. The van der Waals surface area contributed by atoms with Crippen LogP contribution in [0, 0.1) is 4.77 Å². The molecule has 0 fully saturated rings. The Kier molecular flexibility index (Phi) is 3.97. The van der Waals surface area contributed by atoms with Crippen LogP contribution in [-0.2, 0) is 17.8 Å². The van der Waals surface area contributed by atoms with Gasteiger partial charge in [0.1, 0.15) is 6.17 Å². The van der Waals surface area contributed by atoms with Gasteiger partial charge in [-0.1, -0.05) is 27.5 Å². The maximum Gasteiger partial charge on any atom is 0.334 e. The molecule has 1 aliphatic heterocycles. The Morgan fingerprint density at radius 3 is 3.04 bits per heavy atom. The van der Waals surface area contributed by atoms with Crippen LogP contribution in [0.4, 0.5) is 4.39 Å². The van der Waals surface area contributed by atoms with Crippen molar-refractivity contribution < 1.29 is 14.3 Å². The van der Waals surface area contributed by atoms with E-state index in [0.29, 0.717) is 32.1 Å². The topological polar surface area (TPSA) is 75.8 Å². The molecule has 2 unspecified atom stereocenters. The molecule has 0 amide bonds. The summed E-state index contributed by atoms with van der Waals surface area (Å²) in [5.74, 6) is -1.12. The lowest BCUT2D eigenvalue weighted by atomic mass is 10.1. The fourth-order valence-electron chi connectivity index (χ4n) is 3.20. The van der Waals surface area contributed by atoms with E-state index in [9.17, 15) is 14.3 Å². The predicted octanol–water partition coefficient (Wildman–Crippen LogP) is 3.88. The largest absolute Gasteiger partial charge is 0.479 e. The number of halogens is 3. The zero-order chi connectivity index (χ0) is 17.9. The van der Waals surface area contributed by atoms with Crippen molar-refractivity contribution in [1.82, 2.24) is 19.3 Å². The number of carbonyl (C=O) groups is 1. The first kappa shape index (κ1) is 16.7. The number of aliphatic carboxylic acids is 1. The number of fused-ring (bicyclic) bond motifs is 2. The summed E-state index contributed by atoms with van der Waals surface area (Å²) in [5, 5.41) is 15.2. The predicted molar refractivity (Wildman–Crippen MR) is 96.4 cm³/mol. The standard InChI is InChI=1S/C15H11BrClFN4O2S/c16-6-1-9(17)8-5-22(20-10(8)2-6)13(14(23)24)12-11-3-7(18)4-21(11)15(25)19-12/h1-2,5,7,13H,3-4H2,(H,19,25)(H,23,24). The van der Waals surface area contributed by atoms with Crippen LogP contribution in [0.1, 0.15) is 17.4 Å². The van der Waals surface area contributed by atoms with Crippen molar-refractivity contribution in [3.05, 3.63) is 44.0 Å². The number of aromatic nitrogens is 4. The van der Waals surface area contributed by atoms with E-state index in [1.54, 1.807) is 22.9 Å². The van der Waals surface area contributed by atoms with Gasteiger partial charge >= 0.3 is 5.97 Å². The van der Waals surface area contributed by atoms with Gasteiger partial charge in [-0.15, -0.1) is 0 Å². The number of carboxylic acid groups (broad SMARTS) is 1. The molecular formula is C15H11BrClFN4O2S.